The molecule has 0 aromatic carbocycles. The Balaban J connectivity index is 2.24. The maximum absolute atomic E-state index is 7.31. The average Bonchev–Trinajstić information content (AvgIpc) is 2.12. The molecular weight excluding hydrogens is 100 g/mol. The molecule has 1 radical (unpaired) electrons. The highest BCUT2D eigenvalue weighted by Gasteiger charge is 2.17. The van der Waals surface area contributed by atoms with E-state index in [1.54, 1.807) is 0 Å². The van der Waals surface area contributed by atoms with Crippen LogP contribution in [-0.2, 0) is 0 Å². The zero-order chi connectivity index (χ0) is 5.98. The van der Waals surface area contributed by atoms with Crippen molar-refractivity contribution >= 4 is 0 Å². The van der Waals surface area contributed by atoms with Crippen molar-refractivity contribution < 1.29 is 0 Å². The average molecular weight is 113 g/mol. The van der Waals surface area contributed by atoms with E-state index in [0.717, 1.165) is 6.54 Å². The molecule has 1 rings (SSSR count). The lowest BCUT2D eigenvalue weighted by atomic mass is 10.1. The van der Waals surface area contributed by atoms with Crippen LogP contribution in [0.3, 0.4) is 0 Å². The van der Waals surface area contributed by atoms with Gasteiger partial charge in [0.15, 0.2) is 0 Å². The van der Waals surface area contributed by atoms with Crippen LogP contribution < -0.4 is 11.1 Å². The molecule has 0 amide bonds. The van der Waals surface area contributed by atoms with Crippen molar-refractivity contribution in [3.63, 3.8) is 0 Å². The van der Waals surface area contributed by atoms with Gasteiger partial charge in [-0.25, -0.2) is 0 Å². The summed E-state index contributed by atoms with van der Waals surface area (Å²) in [5.41, 5.74) is 7.31. The normalized spacial score (nSPS) is 33.0. The molecule has 2 atom stereocenters. The quantitative estimate of drug-likeness (QED) is 0.525. The van der Waals surface area contributed by atoms with Crippen molar-refractivity contribution in [3.05, 3.63) is 0 Å². The minimum Gasteiger partial charge on any atom is -0.312 e. The fourth-order valence-corrected chi connectivity index (χ4v) is 1.14. The van der Waals surface area contributed by atoms with E-state index in [4.69, 9.17) is 5.73 Å². The zero-order valence-corrected chi connectivity index (χ0v) is 5.28. The summed E-state index contributed by atoms with van der Waals surface area (Å²) in [4.78, 5) is 0. The molecule has 2 nitrogen and oxygen atoms in total. The van der Waals surface area contributed by atoms with Crippen LogP contribution in [0.4, 0.5) is 0 Å². The molecule has 47 valence electrons. The van der Waals surface area contributed by atoms with Crippen LogP contribution in [0.15, 0.2) is 0 Å². The fraction of sp³-hybridized carbons (Fsp3) is 1.00. The van der Waals surface area contributed by atoms with Gasteiger partial charge in [-0.05, 0) is 26.3 Å². The Hall–Kier alpha value is -0.0800. The summed E-state index contributed by atoms with van der Waals surface area (Å²) in [6.45, 7) is 3.07. The van der Waals surface area contributed by atoms with Gasteiger partial charge in [-0.15, -0.1) is 0 Å². The van der Waals surface area contributed by atoms with Crippen molar-refractivity contribution in [3.8, 4) is 0 Å². The molecule has 2 N–H and O–H groups in total. The van der Waals surface area contributed by atoms with E-state index >= 15 is 0 Å². The third-order valence-electron chi connectivity index (χ3n) is 1.70. The molecule has 2 heteroatoms. The molecule has 1 aliphatic heterocycles. The summed E-state index contributed by atoms with van der Waals surface area (Å²) in [7, 11) is 0. The lowest BCUT2D eigenvalue weighted by Crippen LogP contribution is -2.33. The maximum atomic E-state index is 7.31. The number of hydrogen-bond donors (Lipinski definition) is 1. The lowest BCUT2D eigenvalue weighted by Gasteiger charge is -2.11. The molecule has 0 aliphatic carbocycles. The molecule has 1 fully saturated rings. The molecule has 0 spiro atoms. The summed E-state index contributed by atoms with van der Waals surface area (Å²) in [6, 6.07) is 0.562. The van der Waals surface area contributed by atoms with Crippen LogP contribution in [0.5, 0.6) is 0 Å². The Morgan fingerprint density at radius 1 is 1.75 bits per heavy atom. The highest BCUT2D eigenvalue weighted by atomic mass is 15.0. The minimum atomic E-state index is 0.0810. The molecule has 1 aliphatic rings. The standard InChI is InChI=1S/C6H13N2/c1-5(7)6-3-2-4-8-6/h5-8H,2-4H2,1H3. The van der Waals surface area contributed by atoms with Gasteiger partial charge in [0, 0.05) is 12.1 Å². The summed E-state index contributed by atoms with van der Waals surface area (Å²) in [6.07, 6.45) is 2.46. The van der Waals surface area contributed by atoms with Gasteiger partial charge in [-0.2, -0.15) is 0 Å². The van der Waals surface area contributed by atoms with Gasteiger partial charge in [0.2, 0.25) is 0 Å². The molecule has 0 saturated carbocycles. The first kappa shape index (κ1) is 6.05. The van der Waals surface area contributed by atoms with Crippen LogP contribution in [0, 0.1) is 0 Å². The van der Waals surface area contributed by atoms with E-state index < -0.39 is 0 Å². The Morgan fingerprint density at radius 2 is 2.50 bits per heavy atom. The monoisotopic (exact) mass is 113 g/mol. The third-order valence-corrected chi connectivity index (χ3v) is 1.70. The van der Waals surface area contributed by atoms with E-state index in [1.165, 1.54) is 12.8 Å². The fourth-order valence-electron chi connectivity index (χ4n) is 1.14. The van der Waals surface area contributed by atoms with Crippen LogP contribution in [-0.4, -0.2) is 18.6 Å². The van der Waals surface area contributed by atoms with Crippen molar-refractivity contribution in [2.45, 2.75) is 31.8 Å². The van der Waals surface area contributed by atoms with Gasteiger partial charge in [-0.1, -0.05) is 0 Å². The van der Waals surface area contributed by atoms with Crippen LogP contribution in [0.1, 0.15) is 19.8 Å². The van der Waals surface area contributed by atoms with Gasteiger partial charge in [0.25, 0.3) is 0 Å². The first-order valence-corrected chi connectivity index (χ1v) is 3.25. The molecule has 0 aromatic heterocycles. The molecule has 0 aromatic rings. The maximum Gasteiger partial charge on any atom is 0.0338 e. The topological polar surface area (TPSA) is 35.8 Å². The van der Waals surface area contributed by atoms with Crippen LogP contribution in [0.2, 0.25) is 0 Å². The van der Waals surface area contributed by atoms with Crippen molar-refractivity contribution in [2.75, 3.05) is 6.54 Å². The molecule has 1 heterocycles. The van der Waals surface area contributed by atoms with Crippen molar-refractivity contribution in [1.29, 1.82) is 0 Å². The second-order valence-corrected chi connectivity index (χ2v) is 2.49. The second-order valence-electron chi connectivity index (χ2n) is 2.49. The SMILES string of the molecule is CC([NH])C1CCCN1. The van der Waals surface area contributed by atoms with E-state index in [2.05, 4.69) is 5.32 Å². The van der Waals surface area contributed by atoms with Gasteiger partial charge < -0.3 is 5.32 Å². The van der Waals surface area contributed by atoms with Gasteiger partial charge in [-0.3, -0.25) is 5.73 Å². The summed E-state index contributed by atoms with van der Waals surface area (Å²) < 4.78 is 0. The van der Waals surface area contributed by atoms with Gasteiger partial charge in [0.05, 0.1) is 0 Å². The molecule has 1 saturated heterocycles. The summed E-state index contributed by atoms with van der Waals surface area (Å²) in [5, 5.41) is 3.27. The van der Waals surface area contributed by atoms with Crippen molar-refractivity contribution in [1.82, 2.24) is 11.1 Å². The van der Waals surface area contributed by atoms with E-state index in [-0.39, 0.29) is 6.04 Å². The molecule has 2 unspecified atom stereocenters. The smallest absolute Gasteiger partial charge is 0.0338 e. The lowest BCUT2D eigenvalue weighted by molar-refractivity contribution is 0.502. The minimum absolute atomic E-state index is 0.0810. The zero-order valence-electron chi connectivity index (χ0n) is 5.28. The summed E-state index contributed by atoms with van der Waals surface area (Å²) in [5.74, 6) is 0. The Labute approximate surface area is 50.4 Å². The van der Waals surface area contributed by atoms with Crippen LogP contribution in [0.25, 0.3) is 0 Å². The highest BCUT2D eigenvalue weighted by molar-refractivity contribution is 4.80. The largest absolute Gasteiger partial charge is 0.312 e. The molecule has 8 heavy (non-hydrogen) atoms. The van der Waals surface area contributed by atoms with E-state index in [1.807, 2.05) is 6.92 Å². The van der Waals surface area contributed by atoms with E-state index in [9.17, 15) is 0 Å². The predicted octanol–water partition coefficient (Wildman–Crippen LogP) is 0.410. The number of rotatable bonds is 1. The predicted molar refractivity (Wildman–Crippen MR) is 33.6 cm³/mol. The van der Waals surface area contributed by atoms with Gasteiger partial charge in [0.1, 0.15) is 0 Å². The molecular formula is C6H13N2. The second kappa shape index (κ2) is 2.46. The van der Waals surface area contributed by atoms with Crippen molar-refractivity contribution in [2.24, 2.45) is 0 Å². The number of nitrogens with one attached hydrogen (secondary N) is 2. The summed E-state index contributed by atoms with van der Waals surface area (Å²) >= 11 is 0. The van der Waals surface area contributed by atoms with E-state index in [0.29, 0.717) is 6.04 Å². The Bertz CT molecular complexity index is 64.9. The van der Waals surface area contributed by atoms with Crippen LogP contribution >= 0.6 is 0 Å². The number of hydrogen-bond acceptors (Lipinski definition) is 1. The molecule has 0 bridgehead atoms. The van der Waals surface area contributed by atoms with Gasteiger partial charge >= 0.3 is 0 Å². The highest BCUT2D eigenvalue weighted by Crippen LogP contribution is 2.07. The Morgan fingerprint density at radius 3 is 2.75 bits per heavy atom. The Kier molecular flexibility index (Phi) is 1.86. The first-order chi connectivity index (χ1) is 3.80. The first-order valence-electron chi connectivity index (χ1n) is 3.25. The third kappa shape index (κ3) is 1.20.